The number of likely N-dealkylation sites (N-methyl/N-ethyl adjacent to an activating group) is 1. The molecule has 2 aliphatic heterocycles. The molecule has 4 nitrogen and oxygen atoms in total. The van der Waals surface area contributed by atoms with Gasteiger partial charge in [-0.25, -0.2) is 0 Å². The Morgan fingerprint density at radius 2 is 1.81 bits per heavy atom. The lowest BCUT2D eigenvalue weighted by Crippen LogP contribution is -2.58. The van der Waals surface area contributed by atoms with Crippen molar-refractivity contribution in [1.82, 2.24) is 15.1 Å². The molecule has 1 aromatic carbocycles. The molecule has 3 fully saturated rings. The largest absolute Gasteiger partial charge is 0.339 e. The lowest BCUT2D eigenvalue weighted by molar-refractivity contribution is -0.129. The van der Waals surface area contributed by atoms with Crippen molar-refractivity contribution in [3.05, 3.63) is 35.9 Å². The van der Waals surface area contributed by atoms with Crippen molar-refractivity contribution in [1.29, 1.82) is 0 Å². The summed E-state index contributed by atoms with van der Waals surface area (Å²) in [4.78, 5) is 17.9. The van der Waals surface area contributed by atoms with Crippen molar-refractivity contribution in [2.45, 2.75) is 82.0 Å². The highest BCUT2D eigenvalue weighted by atomic mass is 16.2. The third-order valence-corrected chi connectivity index (χ3v) is 7.48. The van der Waals surface area contributed by atoms with E-state index in [4.69, 9.17) is 0 Å². The Kier molecular flexibility index (Phi) is 5.56. The van der Waals surface area contributed by atoms with Gasteiger partial charge in [0.15, 0.2) is 0 Å². The van der Waals surface area contributed by atoms with Gasteiger partial charge in [0.25, 0.3) is 0 Å². The van der Waals surface area contributed by atoms with Gasteiger partial charge in [0.2, 0.25) is 5.91 Å². The Morgan fingerprint density at radius 3 is 2.52 bits per heavy atom. The summed E-state index contributed by atoms with van der Waals surface area (Å²) in [6.07, 6.45) is 9.60. The van der Waals surface area contributed by atoms with E-state index in [1.165, 1.54) is 31.2 Å². The van der Waals surface area contributed by atoms with Gasteiger partial charge in [0.1, 0.15) is 5.54 Å². The lowest BCUT2D eigenvalue weighted by Gasteiger charge is -2.47. The summed E-state index contributed by atoms with van der Waals surface area (Å²) in [5.41, 5.74) is 1.23. The number of benzene rings is 1. The predicted molar refractivity (Wildman–Crippen MR) is 110 cm³/mol. The second kappa shape index (κ2) is 7.92. The number of carbonyl (C=O) groups excluding carboxylic acids is 1. The van der Waals surface area contributed by atoms with E-state index in [1.807, 2.05) is 0 Å². The highest BCUT2D eigenvalue weighted by Gasteiger charge is 2.52. The van der Waals surface area contributed by atoms with Crippen molar-refractivity contribution in [3.63, 3.8) is 0 Å². The van der Waals surface area contributed by atoms with Crippen LogP contribution in [0.1, 0.15) is 69.8 Å². The number of carbonyl (C=O) groups is 1. The fraction of sp³-hybridized carbons (Fsp3) is 0.696. The number of nitrogens with one attached hydrogen (secondary N) is 1. The molecule has 1 aromatic rings. The van der Waals surface area contributed by atoms with E-state index in [1.54, 1.807) is 0 Å². The Hall–Kier alpha value is -1.39. The van der Waals surface area contributed by atoms with Gasteiger partial charge in [-0.15, -0.1) is 0 Å². The highest BCUT2D eigenvalue weighted by Crippen LogP contribution is 2.40. The van der Waals surface area contributed by atoms with E-state index in [2.05, 4.69) is 59.4 Å². The third-order valence-electron chi connectivity index (χ3n) is 7.48. The first-order valence-corrected chi connectivity index (χ1v) is 11.0. The number of rotatable bonds is 4. The molecule has 27 heavy (non-hydrogen) atoms. The topological polar surface area (TPSA) is 35.6 Å². The Labute approximate surface area is 164 Å². The Balaban J connectivity index is 1.46. The molecule has 2 saturated heterocycles. The van der Waals surface area contributed by atoms with Gasteiger partial charge in [-0.2, -0.15) is 0 Å². The molecule has 0 aromatic heterocycles. The molecule has 2 heterocycles. The minimum Gasteiger partial charge on any atom is -0.339 e. The number of piperidine rings is 1. The zero-order valence-corrected chi connectivity index (χ0v) is 17.0. The SMILES string of the molecule is CCCC1NC(=O)C2(CCN(C3CCCCC3c3ccccc3)CC2)N1C. The van der Waals surface area contributed by atoms with Crippen LogP contribution in [0.25, 0.3) is 0 Å². The maximum absolute atomic E-state index is 12.8. The van der Waals surface area contributed by atoms with E-state index in [0.29, 0.717) is 12.0 Å². The zero-order valence-electron chi connectivity index (χ0n) is 17.0. The molecule has 1 aliphatic carbocycles. The van der Waals surface area contributed by atoms with Crippen LogP contribution in [0.2, 0.25) is 0 Å². The van der Waals surface area contributed by atoms with Gasteiger partial charge in [0, 0.05) is 19.1 Å². The maximum Gasteiger partial charge on any atom is 0.241 e. The molecule has 3 atom stereocenters. The molecule has 4 heteroatoms. The molecule has 3 aliphatic rings. The highest BCUT2D eigenvalue weighted by molar-refractivity contribution is 5.88. The van der Waals surface area contributed by atoms with Gasteiger partial charge in [0.05, 0.1) is 6.17 Å². The normalized spacial score (nSPS) is 31.9. The van der Waals surface area contributed by atoms with Crippen LogP contribution < -0.4 is 5.32 Å². The van der Waals surface area contributed by atoms with Crippen molar-refractivity contribution in [2.75, 3.05) is 20.1 Å². The second-order valence-corrected chi connectivity index (χ2v) is 8.83. The smallest absolute Gasteiger partial charge is 0.241 e. The second-order valence-electron chi connectivity index (χ2n) is 8.83. The third kappa shape index (κ3) is 3.42. The first-order chi connectivity index (χ1) is 13.2. The van der Waals surface area contributed by atoms with Crippen molar-refractivity contribution in [2.24, 2.45) is 0 Å². The van der Waals surface area contributed by atoms with Gasteiger partial charge in [-0.3, -0.25) is 14.6 Å². The van der Waals surface area contributed by atoms with Crippen LogP contribution in [0, 0.1) is 0 Å². The number of hydrogen-bond donors (Lipinski definition) is 1. The summed E-state index contributed by atoms with van der Waals surface area (Å²) in [5, 5.41) is 3.26. The van der Waals surface area contributed by atoms with E-state index in [0.717, 1.165) is 38.8 Å². The van der Waals surface area contributed by atoms with E-state index < -0.39 is 0 Å². The number of likely N-dealkylation sites (tertiary alicyclic amines) is 1. The lowest BCUT2D eigenvalue weighted by atomic mass is 9.77. The predicted octanol–water partition coefficient (Wildman–Crippen LogP) is 3.74. The average molecular weight is 370 g/mol. The molecular weight excluding hydrogens is 334 g/mol. The Bertz CT molecular complexity index is 638. The van der Waals surface area contributed by atoms with Gasteiger partial charge >= 0.3 is 0 Å². The molecule has 3 unspecified atom stereocenters. The van der Waals surface area contributed by atoms with Crippen LogP contribution in [0.15, 0.2) is 30.3 Å². The molecule has 0 radical (unpaired) electrons. The Morgan fingerprint density at radius 1 is 1.11 bits per heavy atom. The van der Waals surface area contributed by atoms with Crippen LogP contribution in [0.5, 0.6) is 0 Å². The molecule has 1 spiro atoms. The van der Waals surface area contributed by atoms with Gasteiger partial charge in [-0.1, -0.05) is 56.5 Å². The van der Waals surface area contributed by atoms with Gasteiger partial charge in [-0.05, 0) is 50.6 Å². The maximum atomic E-state index is 12.8. The van der Waals surface area contributed by atoms with Gasteiger partial charge < -0.3 is 5.32 Å². The summed E-state index contributed by atoms with van der Waals surface area (Å²) in [6.45, 7) is 4.29. The monoisotopic (exact) mass is 369 g/mol. The van der Waals surface area contributed by atoms with Crippen molar-refractivity contribution < 1.29 is 4.79 Å². The fourth-order valence-corrected chi connectivity index (χ4v) is 5.82. The quantitative estimate of drug-likeness (QED) is 0.878. The molecule has 1 amide bonds. The van der Waals surface area contributed by atoms with Crippen LogP contribution in [-0.4, -0.2) is 53.6 Å². The number of amides is 1. The van der Waals surface area contributed by atoms with E-state index in [9.17, 15) is 4.79 Å². The number of nitrogens with zero attached hydrogens (tertiary/aromatic N) is 2. The first-order valence-electron chi connectivity index (χ1n) is 11.0. The number of hydrogen-bond acceptors (Lipinski definition) is 3. The standard InChI is InChI=1S/C23H35N3O/c1-3-9-21-24-22(27)23(25(21)2)14-16-26(17-15-23)20-13-8-7-12-19(20)18-10-5-4-6-11-18/h4-6,10-11,19-21H,3,7-9,12-17H2,1-2H3,(H,24,27). The van der Waals surface area contributed by atoms with Crippen LogP contribution in [0.3, 0.4) is 0 Å². The van der Waals surface area contributed by atoms with E-state index >= 15 is 0 Å². The van der Waals surface area contributed by atoms with Crippen LogP contribution >= 0.6 is 0 Å². The minimum absolute atomic E-state index is 0.223. The molecule has 0 bridgehead atoms. The summed E-state index contributed by atoms with van der Waals surface area (Å²) >= 11 is 0. The van der Waals surface area contributed by atoms with Crippen molar-refractivity contribution in [3.8, 4) is 0 Å². The molecule has 1 N–H and O–H groups in total. The van der Waals surface area contributed by atoms with Crippen LogP contribution in [0.4, 0.5) is 0 Å². The fourth-order valence-electron chi connectivity index (χ4n) is 5.82. The van der Waals surface area contributed by atoms with E-state index in [-0.39, 0.29) is 17.6 Å². The molecule has 4 rings (SSSR count). The first kappa shape index (κ1) is 18.9. The average Bonchev–Trinajstić information content (AvgIpc) is 2.94. The molecule has 148 valence electrons. The van der Waals surface area contributed by atoms with Crippen LogP contribution in [-0.2, 0) is 4.79 Å². The summed E-state index contributed by atoms with van der Waals surface area (Å²) in [5.74, 6) is 0.920. The zero-order chi connectivity index (χ0) is 18.9. The summed E-state index contributed by atoms with van der Waals surface area (Å²) in [7, 11) is 2.15. The van der Waals surface area contributed by atoms with Crippen molar-refractivity contribution >= 4 is 5.91 Å². The summed E-state index contributed by atoms with van der Waals surface area (Å²) in [6, 6.07) is 11.7. The molecule has 1 saturated carbocycles. The summed E-state index contributed by atoms with van der Waals surface area (Å²) < 4.78 is 0. The minimum atomic E-state index is -0.271. The molecular formula is C23H35N3O.